The monoisotopic (exact) mass is 460 g/mol. The van der Waals surface area contributed by atoms with Gasteiger partial charge in [0.05, 0.1) is 6.54 Å². The summed E-state index contributed by atoms with van der Waals surface area (Å²) in [7, 11) is 0. The van der Waals surface area contributed by atoms with Crippen molar-refractivity contribution in [2.24, 2.45) is 0 Å². The van der Waals surface area contributed by atoms with Gasteiger partial charge in [0, 0.05) is 48.8 Å². The molecule has 2 aromatic carbocycles. The van der Waals surface area contributed by atoms with Crippen molar-refractivity contribution in [2.45, 2.75) is 13.5 Å². The Balaban J connectivity index is 1.29. The third-order valence-electron chi connectivity index (χ3n) is 5.88. The second-order valence-electron chi connectivity index (χ2n) is 8.25. The van der Waals surface area contributed by atoms with Crippen LogP contribution < -0.4 is 5.32 Å². The number of nitrogens with one attached hydrogen (secondary N) is 1. The largest absolute Gasteiger partial charge is 0.322 e. The minimum Gasteiger partial charge on any atom is -0.322 e. The molecule has 0 unspecified atom stereocenters. The SMILES string of the molecule is Cc1ccc(-n2c(CN3CCN(C(=O)Nc4cccc(Cl)c4)CC3)nc3cccnc32)cc1. The van der Waals surface area contributed by atoms with Crippen molar-refractivity contribution in [3.8, 4) is 5.69 Å². The zero-order valence-corrected chi connectivity index (χ0v) is 19.2. The molecule has 0 radical (unpaired) electrons. The number of rotatable bonds is 4. The lowest BCUT2D eigenvalue weighted by Crippen LogP contribution is -2.49. The molecule has 5 rings (SSSR count). The van der Waals surface area contributed by atoms with Crippen molar-refractivity contribution in [3.63, 3.8) is 0 Å². The summed E-state index contributed by atoms with van der Waals surface area (Å²) in [5.74, 6) is 0.949. The van der Waals surface area contributed by atoms with E-state index in [0.717, 1.165) is 35.8 Å². The molecule has 1 fully saturated rings. The number of hydrogen-bond donors (Lipinski definition) is 1. The predicted octanol–water partition coefficient (Wildman–Crippen LogP) is 4.73. The van der Waals surface area contributed by atoms with Crippen LogP contribution in [0.4, 0.5) is 10.5 Å². The van der Waals surface area contributed by atoms with Crippen LogP contribution in [0.2, 0.25) is 5.02 Å². The van der Waals surface area contributed by atoms with Gasteiger partial charge in [-0.25, -0.2) is 14.8 Å². The Morgan fingerprint density at radius 1 is 1.03 bits per heavy atom. The van der Waals surface area contributed by atoms with Crippen molar-refractivity contribution >= 4 is 34.5 Å². The first-order valence-electron chi connectivity index (χ1n) is 11.0. The fourth-order valence-electron chi connectivity index (χ4n) is 4.11. The van der Waals surface area contributed by atoms with Crippen molar-refractivity contribution in [1.29, 1.82) is 0 Å². The molecule has 33 heavy (non-hydrogen) atoms. The third kappa shape index (κ3) is 4.69. The van der Waals surface area contributed by atoms with E-state index < -0.39 is 0 Å². The zero-order valence-electron chi connectivity index (χ0n) is 18.4. The summed E-state index contributed by atoms with van der Waals surface area (Å²) >= 11 is 6.02. The van der Waals surface area contributed by atoms with Gasteiger partial charge in [0.25, 0.3) is 0 Å². The van der Waals surface area contributed by atoms with Crippen LogP contribution in [0.25, 0.3) is 16.9 Å². The summed E-state index contributed by atoms with van der Waals surface area (Å²) in [6.07, 6.45) is 1.80. The van der Waals surface area contributed by atoms with Gasteiger partial charge in [-0.05, 0) is 49.4 Å². The summed E-state index contributed by atoms with van der Waals surface area (Å²) < 4.78 is 2.13. The summed E-state index contributed by atoms with van der Waals surface area (Å²) in [5.41, 5.74) is 4.71. The molecule has 1 aliphatic rings. The molecule has 168 valence electrons. The van der Waals surface area contributed by atoms with Crippen LogP contribution in [0.5, 0.6) is 0 Å². The van der Waals surface area contributed by atoms with Crippen molar-refractivity contribution in [2.75, 3.05) is 31.5 Å². The lowest BCUT2D eigenvalue weighted by Gasteiger charge is -2.34. The number of carbonyl (C=O) groups is 1. The van der Waals surface area contributed by atoms with Crippen LogP contribution in [0.15, 0.2) is 66.9 Å². The molecule has 0 atom stereocenters. The third-order valence-corrected chi connectivity index (χ3v) is 6.11. The summed E-state index contributed by atoms with van der Waals surface area (Å²) in [5, 5.41) is 3.53. The Morgan fingerprint density at radius 2 is 1.82 bits per heavy atom. The number of fused-ring (bicyclic) bond motifs is 1. The number of anilines is 1. The van der Waals surface area contributed by atoms with E-state index >= 15 is 0 Å². The van der Waals surface area contributed by atoms with Crippen LogP contribution in [-0.4, -0.2) is 56.5 Å². The summed E-state index contributed by atoms with van der Waals surface area (Å²) in [4.78, 5) is 26.3. The van der Waals surface area contributed by atoms with Crippen molar-refractivity contribution < 1.29 is 4.79 Å². The van der Waals surface area contributed by atoms with E-state index in [2.05, 4.69) is 51.0 Å². The molecule has 8 heteroatoms. The molecule has 0 bridgehead atoms. The Kier molecular flexibility index (Phi) is 5.98. The summed E-state index contributed by atoms with van der Waals surface area (Å²) in [6.45, 7) is 5.61. The van der Waals surface area contributed by atoms with Crippen LogP contribution in [0, 0.1) is 6.92 Å². The van der Waals surface area contributed by atoms with E-state index in [1.54, 1.807) is 18.3 Å². The molecular weight excluding hydrogens is 436 g/mol. The van der Waals surface area contributed by atoms with Gasteiger partial charge in [-0.1, -0.05) is 35.4 Å². The molecule has 1 saturated heterocycles. The van der Waals surface area contributed by atoms with Gasteiger partial charge in [-0.2, -0.15) is 0 Å². The van der Waals surface area contributed by atoms with Crippen molar-refractivity contribution in [3.05, 3.63) is 83.3 Å². The predicted molar refractivity (Wildman–Crippen MR) is 131 cm³/mol. The van der Waals surface area contributed by atoms with Gasteiger partial charge in [0.15, 0.2) is 5.65 Å². The average molecular weight is 461 g/mol. The van der Waals surface area contributed by atoms with E-state index in [0.29, 0.717) is 30.3 Å². The number of aromatic nitrogens is 3. The van der Waals surface area contributed by atoms with Crippen molar-refractivity contribution in [1.82, 2.24) is 24.3 Å². The number of carbonyl (C=O) groups excluding carboxylic acids is 1. The second kappa shape index (κ2) is 9.21. The molecule has 0 aliphatic carbocycles. The lowest BCUT2D eigenvalue weighted by atomic mass is 10.2. The van der Waals surface area contributed by atoms with Gasteiger partial charge < -0.3 is 10.2 Å². The Hall–Kier alpha value is -3.42. The minimum atomic E-state index is -0.104. The summed E-state index contributed by atoms with van der Waals surface area (Å²) in [6, 6.07) is 19.4. The fraction of sp³-hybridized carbons (Fsp3) is 0.240. The molecule has 0 saturated carbocycles. The van der Waals surface area contributed by atoms with Gasteiger partial charge in [0.1, 0.15) is 11.3 Å². The Morgan fingerprint density at radius 3 is 2.58 bits per heavy atom. The highest BCUT2D eigenvalue weighted by molar-refractivity contribution is 6.30. The maximum atomic E-state index is 12.7. The zero-order chi connectivity index (χ0) is 22.8. The highest BCUT2D eigenvalue weighted by Crippen LogP contribution is 2.22. The highest BCUT2D eigenvalue weighted by atomic mass is 35.5. The molecule has 7 nitrogen and oxygen atoms in total. The first kappa shape index (κ1) is 21.4. The van der Waals surface area contributed by atoms with E-state index in [1.807, 2.05) is 29.2 Å². The molecule has 4 aromatic rings. The maximum Gasteiger partial charge on any atom is 0.321 e. The molecule has 3 heterocycles. The number of nitrogens with zero attached hydrogens (tertiary/aromatic N) is 5. The highest BCUT2D eigenvalue weighted by Gasteiger charge is 2.23. The molecular formula is C25H25ClN6O. The topological polar surface area (TPSA) is 66.3 Å². The van der Waals surface area contributed by atoms with Gasteiger partial charge >= 0.3 is 6.03 Å². The number of amides is 2. The van der Waals surface area contributed by atoms with Gasteiger partial charge in [-0.15, -0.1) is 0 Å². The number of piperazine rings is 1. The minimum absolute atomic E-state index is 0.104. The molecule has 0 spiro atoms. The number of imidazole rings is 1. The first-order valence-corrected chi connectivity index (χ1v) is 11.4. The number of urea groups is 1. The number of benzene rings is 2. The quantitative estimate of drug-likeness (QED) is 0.478. The molecule has 1 aliphatic heterocycles. The lowest BCUT2D eigenvalue weighted by molar-refractivity contribution is 0.140. The molecule has 2 amide bonds. The second-order valence-corrected chi connectivity index (χ2v) is 8.69. The van der Waals surface area contributed by atoms with E-state index in [-0.39, 0.29) is 6.03 Å². The number of hydrogen-bond acceptors (Lipinski definition) is 4. The smallest absolute Gasteiger partial charge is 0.321 e. The maximum absolute atomic E-state index is 12.7. The van der Waals surface area contributed by atoms with Crippen LogP contribution in [0.3, 0.4) is 0 Å². The van der Waals surface area contributed by atoms with E-state index in [4.69, 9.17) is 16.6 Å². The molecule has 2 aromatic heterocycles. The number of aryl methyl sites for hydroxylation is 1. The van der Waals surface area contributed by atoms with Crippen LogP contribution in [0.1, 0.15) is 11.4 Å². The van der Waals surface area contributed by atoms with Gasteiger partial charge in [-0.3, -0.25) is 9.47 Å². The van der Waals surface area contributed by atoms with E-state index in [1.165, 1.54) is 5.56 Å². The van der Waals surface area contributed by atoms with Crippen LogP contribution >= 0.6 is 11.6 Å². The number of halogens is 1. The standard InChI is InChI=1S/C25H25ClN6O/c1-18-7-9-21(10-8-18)32-23(29-22-6-3-11-27-24(22)32)17-30-12-14-31(15-13-30)25(33)28-20-5-2-4-19(26)16-20/h2-11,16H,12-15,17H2,1H3,(H,28,33). The normalized spacial score (nSPS) is 14.5. The fourth-order valence-corrected chi connectivity index (χ4v) is 4.30. The van der Waals surface area contributed by atoms with E-state index in [9.17, 15) is 4.79 Å². The first-order chi connectivity index (χ1) is 16.1. The number of pyridine rings is 1. The average Bonchev–Trinajstić information content (AvgIpc) is 3.18. The van der Waals surface area contributed by atoms with Crippen LogP contribution in [-0.2, 0) is 6.54 Å². The Labute approximate surface area is 197 Å². The molecule has 1 N–H and O–H groups in total. The Bertz CT molecular complexity index is 1280. The van der Waals surface area contributed by atoms with Gasteiger partial charge in [0.2, 0.25) is 0 Å².